The molecule has 0 saturated carbocycles. The van der Waals surface area contributed by atoms with Gasteiger partial charge in [-0.1, -0.05) is 35.5 Å². The molecule has 1 atom stereocenters. The van der Waals surface area contributed by atoms with Crippen molar-refractivity contribution >= 4 is 0 Å². The van der Waals surface area contributed by atoms with Crippen LogP contribution in [0, 0.1) is 0 Å². The van der Waals surface area contributed by atoms with E-state index in [-0.39, 0.29) is 6.04 Å². The summed E-state index contributed by atoms with van der Waals surface area (Å²) in [6, 6.07) is 12.4. The Morgan fingerprint density at radius 2 is 2.00 bits per heavy atom. The van der Waals surface area contributed by atoms with Crippen molar-refractivity contribution in [2.45, 2.75) is 19.0 Å². The highest BCUT2D eigenvalue weighted by Gasteiger charge is 2.34. The van der Waals surface area contributed by atoms with Crippen LogP contribution in [0.1, 0.15) is 24.9 Å². The summed E-state index contributed by atoms with van der Waals surface area (Å²) >= 11 is 0. The van der Waals surface area contributed by atoms with Crippen molar-refractivity contribution in [2.75, 3.05) is 13.1 Å². The second-order valence-corrected chi connectivity index (χ2v) is 5.59. The van der Waals surface area contributed by atoms with E-state index >= 15 is 0 Å². The highest BCUT2D eigenvalue weighted by Crippen LogP contribution is 2.30. The molecule has 1 aromatic carbocycles. The third-order valence-electron chi connectivity index (χ3n) is 4.17. The zero-order valence-corrected chi connectivity index (χ0v) is 12.3. The van der Waals surface area contributed by atoms with Crippen molar-refractivity contribution < 1.29 is 4.52 Å². The Morgan fingerprint density at radius 1 is 1.18 bits per heavy atom. The molecule has 0 amide bonds. The van der Waals surface area contributed by atoms with Crippen LogP contribution in [0.25, 0.3) is 11.4 Å². The molecule has 0 unspecified atom stereocenters. The Morgan fingerprint density at radius 3 is 2.73 bits per heavy atom. The Kier molecular flexibility index (Phi) is 3.23. The van der Waals surface area contributed by atoms with Gasteiger partial charge in [-0.3, -0.25) is 9.58 Å². The standard InChI is InChI=1S/C16H17N5O/c1-12(20-10-14(11-20)21-9-5-8-17-21)16-18-15(19-22-16)13-6-3-2-4-7-13/h2-9,12,14H,10-11H2,1H3/t12-/m0/s1. The summed E-state index contributed by atoms with van der Waals surface area (Å²) in [5, 5.41) is 8.37. The van der Waals surface area contributed by atoms with E-state index < -0.39 is 0 Å². The summed E-state index contributed by atoms with van der Waals surface area (Å²) in [7, 11) is 0. The molecule has 6 heteroatoms. The number of aromatic nitrogens is 4. The minimum absolute atomic E-state index is 0.122. The molecule has 0 spiro atoms. The summed E-state index contributed by atoms with van der Waals surface area (Å²) in [5.74, 6) is 1.31. The van der Waals surface area contributed by atoms with E-state index in [9.17, 15) is 0 Å². The molecular formula is C16H17N5O. The lowest BCUT2D eigenvalue weighted by Gasteiger charge is -2.41. The molecule has 22 heavy (non-hydrogen) atoms. The second kappa shape index (κ2) is 5.38. The molecule has 0 radical (unpaired) electrons. The van der Waals surface area contributed by atoms with Crippen molar-refractivity contribution in [2.24, 2.45) is 0 Å². The molecule has 0 N–H and O–H groups in total. The van der Waals surface area contributed by atoms with Crippen LogP contribution in [0.15, 0.2) is 53.3 Å². The average molecular weight is 295 g/mol. The van der Waals surface area contributed by atoms with Gasteiger partial charge in [0.25, 0.3) is 0 Å². The summed E-state index contributed by atoms with van der Waals surface area (Å²) in [5.41, 5.74) is 0.975. The molecule has 0 bridgehead atoms. The van der Waals surface area contributed by atoms with Gasteiger partial charge >= 0.3 is 0 Å². The topological polar surface area (TPSA) is 60.0 Å². The number of nitrogens with zero attached hydrogens (tertiary/aromatic N) is 5. The first-order valence-electron chi connectivity index (χ1n) is 7.43. The van der Waals surface area contributed by atoms with Gasteiger partial charge in [-0.15, -0.1) is 0 Å². The fourth-order valence-corrected chi connectivity index (χ4v) is 2.73. The summed E-state index contributed by atoms with van der Waals surface area (Å²) in [6.07, 6.45) is 3.82. The van der Waals surface area contributed by atoms with Gasteiger partial charge in [0.2, 0.25) is 11.7 Å². The molecule has 112 valence electrons. The van der Waals surface area contributed by atoms with Gasteiger partial charge in [-0.05, 0) is 13.0 Å². The molecule has 4 rings (SSSR count). The number of benzene rings is 1. The zero-order valence-electron chi connectivity index (χ0n) is 12.3. The van der Waals surface area contributed by atoms with Crippen LogP contribution in [0.3, 0.4) is 0 Å². The molecule has 1 aliphatic rings. The lowest BCUT2D eigenvalue weighted by Crippen LogP contribution is -2.48. The van der Waals surface area contributed by atoms with Crippen molar-refractivity contribution in [3.05, 3.63) is 54.7 Å². The van der Waals surface area contributed by atoms with Crippen LogP contribution >= 0.6 is 0 Å². The van der Waals surface area contributed by atoms with E-state index in [2.05, 4.69) is 27.1 Å². The van der Waals surface area contributed by atoms with E-state index in [0.717, 1.165) is 18.7 Å². The normalized spacial score (nSPS) is 17.3. The number of likely N-dealkylation sites (tertiary alicyclic amines) is 1. The van der Waals surface area contributed by atoms with Crippen LogP contribution in [0.4, 0.5) is 0 Å². The molecular weight excluding hydrogens is 278 g/mol. The molecule has 3 heterocycles. The maximum absolute atomic E-state index is 5.44. The van der Waals surface area contributed by atoms with Gasteiger partial charge in [0, 0.05) is 31.0 Å². The lowest BCUT2D eigenvalue weighted by atomic mass is 10.1. The summed E-state index contributed by atoms with van der Waals surface area (Å²) in [4.78, 5) is 6.84. The first kappa shape index (κ1) is 13.2. The third kappa shape index (κ3) is 2.31. The van der Waals surface area contributed by atoms with E-state index in [4.69, 9.17) is 4.52 Å². The largest absolute Gasteiger partial charge is 0.337 e. The molecule has 2 aromatic heterocycles. The maximum Gasteiger partial charge on any atom is 0.244 e. The number of rotatable bonds is 4. The maximum atomic E-state index is 5.44. The monoisotopic (exact) mass is 295 g/mol. The second-order valence-electron chi connectivity index (χ2n) is 5.59. The Balaban J connectivity index is 1.44. The Bertz CT molecular complexity index is 731. The zero-order chi connectivity index (χ0) is 14.9. The number of hydrogen-bond acceptors (Lipinski definition) is 5. The molecule has 3 aromatic rings. The predicted octanol–water partition coefficient (Wildman–Crippen LogP) is 2.55. The van der Waals surface area contributed by atoms with Crippen molar-refractivity contribution in [3.8, 4) is 11.4 Å². The Hall–Kier alpha value is -2.47. The minimum atomic E-state index is 0.122. The van der Waals surface area contributed by atoms with Crippen LogP contribution in [-0.4, -0.2) is 37.9 Å². The smallest absolute Gasteiger partial charge is 0.244 e. The van der Waals surface area contributed by atoms with E-state index in [1.165, 1.54) is 0 Å². The van der Waals surface area contributed by atoms with Gasteiger partial charge < -0.3 is 4.52 Å². The summed E-state index contributed by atoms with van der Waals surface area (Å²) in [6.45, 7) is 4.00. The van der Waals surface area contributed by atoms with Gasteiger partial charge in [-0.25, -0.2) is 0 Å². The highest BCUT2D eigenvalue weighted by atomic mass is 16.5. The predicted molar refractivity (Wildman–Crippen MR) is 81.0 cm³/mol. The quantitative estimate of drug-likeness (QED) is 0.740. The fraction of sp³-hybridized carbons (Fsp3) is 0.312. The lowest BCUT2D eigenvalue weighted by molar-refractivity contribution is 0.0456. The van der Waals surface area contributed by atoms with Crippen LogP contribution < -0.4 is 0 Å². The summed E-state index contributed by atoms with van der Waals surface area (Å²) < 4.78 is 7.44. The van der Waals surface area contributed by atoms with Crippen LogP contribution in [-0.2, 0) is 0 Å². The van der Waals surface area contributed by atoms with Crippen LogP contribution in [0.2, 0.25) is 0 Å². The average Bonchev–Trinajstić information content (AvgIpc) is 3.18. The van der Waals surface area contributed by atoms with Gasteiger partial charge in [0.15, 0.2) is 0 Å². The molecule has 1 aliphatic heterocycles. The van der Waals surface area contributed by atoms with E-state index in [1.807, 2.05) is 53.5 Å². The van der Waals surface area contributed by atoms with Crippen molar-refractivity contribution in [3.63, 3.8) is 0 Å². The third-order valence-corrected chi connectivity index (χ3v) is 4.17. The Labute approximate surface area is 128 Å². The van der Waals surface area contributed by atoms with E-state index in [1.54, 1.807) is 0 Å². The fourth-order valence-electron chi connectivity index (χ4n) is 2.73. The SMILES string of the molecule is C[C@@H](c1nc(-c2ccccc2)no1)N1CC(n2cccn2)C1. The van der Waals surface area contributed by atoms with Gasteiger partial charge in [0.1, 0.15) is 0 Å². The van der Waals surface area contributed by atoms with Crippen LogP contribution in [0.5, 0.6) is 0 Å². The first-order chi connectivity index (χ1) is 10.8. The molecule has 6 nitrogen and oxygen atoms in total. The van der Waals surface area contributed by atoms with E-state index in [0.29, 0.717) is 17.8 Å². The first-order valence-corrected chi connectivity index (χ1v) is 7.43. The molecule has 1 saturated heterocycles. The highest BCUT2D eigenvalue weighted by molar-refractivity contribution is 5.53. The van der Waals surface area contributed by atoms with Crippen molar-refractivity contribution in [1.29, 1.82) is 0 Å². The van der Waals surface area contributed by atoms with Gasteiger partial charge in [-0.2, -0.15) is 10.1 Å². The van der Waals surface area contributed by atoms with Gasteiger partial charge in [0.05, 0.1) is 12.1 Å². The number of hydrogen-bond donors (Lipinski definition) is 0. The molecule has 0 aliphatic carbocycles. The van der Waals surface area contributed by atoms with Crippen molar-refractivity contribution in [1.82, 2.24) is 24.8 Å². The minimum Gasteiger partial charge on any atom is -0.337 e. The molecule has 1 fully saturated rings.